The third kappa shape index (κ3) is 13.6. The maximum Gasteiger partial charge on any atom is 0.416 e. The molecule has 0 fully saturated rings. The third-order valence-corrected chi connectivity index (χ3v) is 16.2. The fourth-order valence-corrected chi connectivity index (χ4v) is 10.9. The molecule has 0 aliphatic rings. The van der Waals surface area contributed by atoms with E-state index >= 15 is 0 Å². The average Bonchev–Trinajstić information content (AvgIpc) is 3.38. The first kappa shape index (κ1) is 58.3. The molecule has 13 heteroatoms. The number of carbonyl (C=O) groups excluding carboxylic acids is 2. The standard InChI is InChI=1S/C61H75F3N4O6/c1-13-55(5,6)41-59(12,54(70)74-38-36-71-51-31-23-46(24-32-51)44-19-17-43(18-20-44)45-21-25-47(26-22-45)61(62,63)64)60(15-3,16-4)57(9,10)42-58(11,56(7,8)14-2)53(69)73-37-35-72-52-33-29-48(30-34-52)67-68-50-28-27-49(39-65)66-40-50/h17-34,40H,13-16,35-38,41-42H2,1-12H3/b68-67+. The van der Waals surface area contributed by atoms with E-state index in [2.05, 4.69) is 91.4 Å². The van der Waals surface area contributed by atoms with E-state index in [0.717, 1.165) is 35.2 Å². The molecule has 0 saturated heterocycles. The van der Waals surface area contributed by atoms with Gasteiger partial charge in [0.2, 0.25) is 0 Å². The first-order chi connectivity index (χ1) is 34.8. The number of carbonyl (C=O) groups is 2. The molecule has 0 N–H and O–H groups in total. The van der Waals surface area contributed by atoms with E-state index in [1.807, 2.05) is 61.5 Å². The van der Waals surface area contributed by atoms with Crippen LogP contribution in [0.2, 0.25) is 0 Å². The van der Waals surface area contributed by atoms with Gasteiger partial charge in [0.1, 0.15) is 55.4 Å². The Morgan fingerprint density at radius 2 is 0.959 bits per heavy atom. The molecule has 4 aromatic carbocycles. The topological polar surface area (TPSA) is 132 Å². The van der Waals surface area contributed by atoms with Crippen molar-refractivity contribution in [1.29, 1.82) is 5.26 Å². The van der Waals surface area contributed by atoms with E-state index in [1.54, 1.807) is 36.4 Å². The third-order valence-electron chi connectivity index (χ3n) is 16.2. The summed E-state index contributed by atoms with van der Waals surface area (Å²) in [6.45, 7) is 26.0. The smallest absolute Gasteiger partial charge is 0.416 e. The van der Waals surface area contributed by atoms with Crippen molar-refractivity contribution in [2.75, 3.05) is 26.4 Å². The van der Waals surface area contributed by atoms with Crippen molar-refractivity contribution in [3.05, 3.63) is 127 Å². The van der Waals surface area contributed by atoms with Gasteiger partial charge in [-0.3, -0.25) is 9.59 Å². The number of benzene rings is 4. The van der Waals surface area contributed by atoms with Crippen LogP contribution in [0.4, 0.5) is 24.5 Å². The second-order valence-electron chi connectivity index (χ2n) is 21.8. The Morgan fingerprint density at radius 3 is 1.38 bits per heavy atom. The molecular weight excluding hydrogens is 942 g/mol. The fraction of sp³-hybridized carbons (Fsp3) is 0.475. The Bertz CT molecular complexity index is 2690. The number of hydrogen-bond acceptors (Lipinski definition) is 10. The van der Waals surface area contributed by atoms with Crippen molar-refractivity contribution in [1.82, 2.24) is 4.98 Å². The van der Waals surface area contributed by atoms with E-state index in [9.17, 15) is 22.8 Å². The number of halogens is 3. The van der Waals surface area contributed by atoms with Gasteiger partial charge in [-0.2, -0.15) is 23.5 Å². The molecule has 0 spiro atoms. The van der Waals surface area contributed by atoms with Crippen molar-refractivity contribution < 1.29 is 41.7 Å². The highest BCUT2D eigenvalue weighted by Crippen LogP contribution is 2.65. The fourth-order valence-electron chi connectivity index (χ4n) is 10.9. The van der Waals surface area contributed by atoms with E-state index in [1.165, 1.54) is 18.3 Å². The number of aromatic nitrogens is 1. The van der Waals surface area contributed by atoms with Crippen LogP contribution in [0, 0.1) is 43.8 Å². The van der Waals surface area contributed by atoms with Gasteiger partial charge in [-0.1, -0.05) is 124 Å². The molecule has 0 saturated carbocycles. The van der Waals surface area contributed by atoms with E-state index in [0.29, 0.717) is 66.2 Å². The van der Waals surface area contributed by atoms with Crippen LogP contribution in [0.15, 0.2) is 126 Å². The molecule has 0 amide bonds. The summed E-state index contributed by atoms with van der Waals surface area (Å²) in [5.41, 5.74) is 0.326. The summed E-state index contributed by atoms with van der Waals surface area (Å²) < 4.78 is 63.7. The number of azo groups is 1. The molecule has 74 heavy (non-hydrogen) atoms. The van der Waals surface area contributed by atoms with Crippen LogP contribution in [0.5, 0.6) is 11.5 Å². The lowest BCUT2D eigenvalue weighted by molar-refractivity contribution is -0.190. The zero-order chi connectivity index (χ0) is 54.6. The van der Waals surface area contributed by atoms with Gasteiger partial charge >= 0.3 is 18.1 Å². The largest absolute Gasteiger partial charge is 0.490 e. The number of hydrogen-bond donors (Lipinski definition) is 0. The van der Waals surface area contributed by atoms with Crippen LogP contribution in [0.3, 0.4) is 0 Å². The Labute approximate surface area is 437 Å². The highest BCUT2D eigenvalue weighted by Gasteiger charge is 2.63. The van der Waals surface area contributed by atoms with E-state index < -0.39 is 38.8 Å². The van der Waals surface area contributed by atoms with Crippen LogP contribution < -0.4 is 9.47 Å². The van der Waals surface area contributed by atoms with Gasteiger partial charge in [-0.05, 0) is 151 Å². The maximum absolute atomic E-state index is 15.0. The van der Waals surface area contributed by atoms with Crippen molar-refractivity contribution in [3.8, 4) is 39.8 Å². The molecule has 2 atom stereocenters. The van der Waals surface area contributed by atoms with E-state index in [-0.39, 0.29) is 43.8 Å². The molecular formula is C61H75F3N4O6. The maximum atomic E-state index is 15.0. The zero-order valence-electron chi connectivity index (χ0n) is 45.4. The lowest BCUT2D eigenvalue weighted by atomic mass is 9.43. The lowest BCUT2D eigenvalue weighted by Gasteiger charge is -2.60. The molecule has 0 radical (unpaired) electrons. The Kier molecular flexibility index (Phi) is 19.1. The van der Waals surface area contributed by atoms with Crippen molar-refractivity contribution in [3.63, 3.8) is 0 Å². The van der Waals surface area contributed by atoms with Gasteiger partial charge in [0.25, 0.3) is 0 Å². The number of nitrogens with zero attached hydrogens (tertiary/aromatic N) is 4. The average molecular weight is 1020 g/mol. The van der Waals surface area contributed by atoms with Gasteiger partial charge in [-0.25, -0.2) is 4.98 Å². The SMILES string of the molecule is CCC(C)(C)CC(C)(C(=O)OCCOc1ccc(-c2ccc(-c3ccc(C(F)(F)F)cc3)cc2)cc1)C(CC)(CC)C(C)(C)CC(C)(C(=O)OCCOc1ccc(/N=N/c2ccc(C#N)nc2)cc1)C(C)(C)CC. The zero-order valence-corrected chi connectivity index (χ0v) is 45.4. The monoisotopic (exact) mass is 1020 g/mol. The second kappa shape index (κ2) is 24.2. The lowest BCUT2D eigenvalue weighted by Crippen LogP contribution is -2.58. The highest BCUT2D eigenvalue weighted by molar-refractivity contribution is 5.79. The summed E-state index contributed by atoms with van der Waals surface area (Å²) in [5.74, 6) is 0.599. The molecule has 0 aliphatic carbocycles. The molecule has 0 bridgehead atoms. The van der Waals surface area contributed by atoms with Gasteiger partial charge in [0.15, 0.2) is 0 Å². The number of pyridine rings is 1. The molecule has 5 aromatic rings. The number of rotatable bonds is 25. The first-order valence-electron chi connectivity index (χ1n) is 25.7. The molecule has 2 unspecified atom stereocenters. The Balaban J connectivity index is 1.25. The second-order valence-corrected chi connectivity index (χ2v) is 21.8. The van der Waals surface area contributed by atoms with Gasteiger partial charge in [0.05, 0.1) is 28.3 Å². The number of ether oxygens (including phenoxy) is 4. The predicted molar refractivity (Wildman–Crippen MR) is 285 cm³/mol. The van der Waals surface area contributed by atoms with Gasteiger partial charge in [-0.15, -0.1) is 5.11 Å². The summed E-state index contributed by atoms with van der Waals surface area (Å²) in [5, 5.41) is 17.4. The summed E-state index contributed by atoms with van der Waals surface area (Å²) in [4.78, 5) is 33.6. The normalized spacial score (nSPS) is 14.1. The predicted octanol–water partition coefficient (Wildman–Crippen LogP) is 16.8. The van der Waals surface area contributed by atoms with Crippen LogP contribution in [-0.2, 0) is 25.2 Å². The van der Waals surface area contributed by atoms with E-state index in [4.69, 9.17) is 24.2 Å². The van der Waals surface area contributed by atoms with Crippen LogP contribution in [0.25, 0.3) is 22.3 Å². The highest BCUT2D eigenvalue weighted by atomic mass is 19.4. The van der Waals surface area contributed by atoms with Gasteiger partial charge in [0, 0.05) is 0 Å². The summed E-state index contributed by atoms with van der Waals surface area (Å²) in [6, 6.07) is 32.6. The van der Waals surface area contributed by atoms with Crippen LogP contribution in [0.1, 0.15) is 133 Å². The summed E-state index contributed by atoms with van der Waals surface area (Å²) in [7, 11) is 0. The quantitative estimate of drug-likeness (QED) is 0.0321. The molecule has 0 aliphatic heterocycles. The number of nitriles is 1. The van der Waals surface area contributed by atoms with Crippen molar-refractivity contribution in [2.45, 2.75) is 128 Å². The Hall–Kier alpha value is -6.55. The minimum Gasteiger partial charge on any atom is -0.490 e. The molecule has 396 valence electrons. The molecule has 5 rings (SSSR count). The minimum atomic E-state index is -4.38. The summed E-state index contributed by atoms with van der Waals surface area (Å²) in [6.07, 6.45) is 1.02. The molecule has 1 heterocycles. The Morgan fingerprint density at radius 1 is 0.527 bits per heavy atom. The summed E-state index contributed by atoms with van der Waals surface area (Å²) >= 11 is 0. The first-order valence-corrected chi connectivity index (χ1v) is 25.7. The van der Waals surface area contributed by atoms with Crippen LogP contribution >= 0.6 is 0 Å². The van der Waals surface area contributed by atoms with Crippen LogP contribution in [-0.4, -0.2) is 43.4 Å². The minimum absolute atomic E-state index is 0.0418. The number of esters is 2. The number of alkyl halides is 3. The van der Waals surface area contributed by atoms with Gasteiger partial charge < -0.3 is 18.9 Å². The molecule has 1 aromatic heterocycles. The van der Waals surface area contributed by atoms with Crippen molar-refractivity contribution in [2.24, 2.45) is 42.7 Å². The van der Waals surface area contributed by atoms with Crippen molar-refractivity contribution >= 4 is 23.3 Å². The molecule has 10 nitrogen and oxygen atoms in total.